The highest BCUT2D eigenvalue weighted by molar-refractivity contribution is 7.88. The van der Waals surface area contributed by atoms with Gasteiger partial charge in [-0.2, -0.15) is 4.98 Å². The molecule has 1 N–H and O–H groups in total. The van der Waals surface area contributed by atoms with Crippen molar-refractivity contribution in [2.24, 2.45) is 0 Å². The van der Waals surface area contributed by atoms with E-state index in [0.29, 0.717) is 22.7 Å². The molecule has 0 aliphatic heterocycles. The molecule has 0 amide bonds. The van der Waals surface area contributed by atoms with Gasteiger partial charge in [0.1, 0.15) is 11.6 Å². The van der Waals surface area contributed by atoms with Gasteiger partial charge in [-0.05, 0) is 29.8 Å². The second kappa shape index (κ2) is 7.63. The smallest absolute Gasteiger partial charge is 0.242 e. The summed E-state index contributed by atoms with van der Waals surface area (Å²) >= 11 is 0. The molecule has 2 aromatic carbocycles. The van der Waals surface area contributed by atoms with E-state index in [1.54, 1.807) is 31.4 Å². The number of benzene rings is 2. The van der Waals surface area contributed by atoms with Crippen molar-refractivity contribution in [1.82, 2.24) is 14.9 Å². The van der Waals surface area contributed by atoms with Crippen LogP contribution in [0.4, 0.5) is 4.39 Å². The van der Waals surface area contributed by atoms with Crippen LogP contribution in [0.1, 0.15) is 11.5 Å². The summed E-state index contributed by atoms with van der Waals surface area (Å²) in [5.41, 5.74) is 1.16. The number of hydrogen-bond acceptors (Lipinski definition) is 6. The van der Waals surface area contributed by atoms with Gasteiger partial charge in [0.2, 0.25) is 21.7 Å². The highest BCUT2D eigenvalue weighted by Crippen LogP contribution is 2.21. The summed E-state index contributed by atoms with van der Waals surface area (Å²) in [5, 5.41) is 3.84. The Morgan fingerprint density at radius 3 is 2.69 bits per heavy atom. The van der Waals surface area contributed by atoms with Crippen molar-refractivity contribution >= 4 is 10.0 Å². The standard InChI is InChI=1S/C17H16FN3O4S/c1-24-15-4-2-3-13(9-15)17-20-16(25-21-17)10-19-26(22,23)11-12-5-7-14(18)8-6-12/h2-9,19H,10-11H2,1H3. The largest absolute Gasteiger partial charge is 0.497 e. The lowest BCUT2D eigenvalue weighted by atomic mass is 10.2. The van der Waals surface area contributed by atoms with Crippen LogP contribution < -0.4 is 9.46 Å². The number of aromatic nitrogens is 2. The lowest BCUT2D eigenvalue weighted by Crippen LogP contribution is -2.24. The fourth-order valence-corrected chi connectivity index (χ4v) is 3.31. The summed E-state index contributed by atoms with van der Waals surface area (Å²) < 4.78 is 49.7. The SMILES string of the molecule is COc1cccc(-c2noc(CNS(=O)(=O)Cc3ccc(F)cc3)n2)c1. The molecule has 0 saturated carbocycles. The van der Waals surface area contributed by atoms with Crippen molar-refractivity contribution in [3.63, 3.8) is 0 Å². The Bertz CT molecular complexity index is 987. The van der Waals surface area contributed by atoms with E-state index in [1.807, 2.05) is 0 Å². The average molecular weight is 377 g/mol. The van der Waals surface area contributed by atoms with Gasteiger partial charge in [-0.1, -0.05) is 29.4 Å². The van der Waals surface area contributed by atoms with Crippen molar-refractivity contribution in [1.29, 1.82) is 0 Å². The first-order valence-corrected chi connectivity index (χ1v) is 9.29. The molecule has 0 aliphatic carbocycles. The van der Waals surface area contributed by atoms with Gasteiger partial charge in [-0.25, -0.2) is 17.5 Å². The summed E-state index contributed by atoms with van der Waals surface area (Å²) in [4.78, 5) is 4.17. The number of nitrogens with one attached hydrogen (secondary N) is 1. The third-order valence-corrected chi connectivity index (χ3v) is 4.81. The molecule has 1 aromatic heterocycles. The minimum absolute atomic E-state index is 0.130. The highest BCUT2D eigenvalue weighted by Gasteiger charge is 2.15. The van der Waals surface area contributed by atoms with E-state index >= 15 is 0 Å². The molecular formula is C17H16FN3O4S. The highest BCUT2D eigenvalue weighted by atomic mass is 32.2. The number of ether oxygens (including phenoxy) is 1. The summed E-state index contributed by atoms with van der Waals surface area (Å²) in [6, 6.07) is 12.4. The Balaban J connectivity index is 1.64. The van der Waals surface area contributed by atoms with Gasteiger partial charge in [0.05, 0.1) is 19.4 Å². The maximum absolute atomic E-state index is 12.9. The van der Waals surface area contributed by atoms with E-state index in [4.69, 9.17) is 9.26 Å². The zero-order valence-electron chi connectivity index (χ0n) is 13.8. The average Bonchev–Trinajstić information content (AvgIpc) is 3.11. The molecule has 136 valence electrons. The summed E-state index contributed by atoms with van der Waals surface area (Å²) in [5.74, 6) is 0.412. The van der Waals surface area contributed by atoms with Gasteiger partial charge >= 0.3 is 0 Å². The monoisotopic (exact) mass is 377 g/mol. The Labute approximate surface area is 149 Å². The van der Waals surface area contributed by atoms with Crippen LogP contribution in [0.3, 0.4) is 0 Å². The number of methoxy groups -OCH3 is 1. The third kappa shape index (κ3) is 4.64. The van der Waals surface area contributed by atoms with E-state index in [2.05, 4.69) is 14.9 Å². The molecule has 7 nitrogen and oxygen atoms in total. The number of halogens is 1. The molecule has 9 heteroatoms. The topological polar surface area (TPSA) is 94.3 Å². The van der Waals surface area contributed by atoms with E-state index < -0.39 is 15.8 Å². The van der Waals surface area contributed by atoms with Crippen LogP contribution in [-0.2, 0) is 22.3 Å². The summed E-state index contributed by atoms with van der Waals surface area (Å²) in [6.45, 7) is -0.138. The van der Waals surface area contributed by atoms with Gasteiger partial charge in [-0.3, -0.25) is 0 Å². The molecule has 0 spiro atoms. The molecular weight excluding hydrogens is 361 g/mol. The van der Waals surface area contributed by atoms with E-state index in [0.717, 1.165) is 0 Å². The number of nitrogens with zero attached hydrogens (tertiary/aromatic N) is 2. The quantitative estimate of drug-likeness (QED) is 0.680. The minimum Gasteiger partial charge on any atom is -0.497 e. The molecule has 0 aliphatic rings. The van der Waals surface area contributed by atoms with E-state index in [-0.39, 0.29) is 18.2 Å². The Kier molecular flexibility index (Phi) is 5.29. The Morgan fingerprint density at radius 1 is 1.19 bits per heavy atom. The molecule has 0 fully saturated rings. The van der Waals surface area contributed by atoms with Crippen LogP contribution in [0, 0.1) is 5.82 Å². The molecule has 26 heavy (non-hydrogen) atoms. The summed E-state index contributed by atoms with van der Waals surface area (Å²) in [6.07, 6.45) is 0. The van der Waals surface area contributed by atoms with Crippen LogP contribution in [0.15, 0.2) is 53.1 Å². The molecule has 0 atom stereocenters. The predicted molar refractivity (Wildman–Crippen MR) is 92.1 cm³/mol. The fraction of sp³-hybridized carbons (Fsp3) is 0.176. The summed E-state index contributed by atoms with van der Waals surface area (Å²) in [7, 11) is -2.08. The maximum Gasteiger partial charge on any atom is 0.242 e. The van der Waals surface area contributed by atoms with Gasteiger partial charge in [0.15, 0.2) is 0 Å². The lowest BCUT2D eigenvalue weighted by molar-refractivity contribution is 0.376. The fourth-order valence-electron chi connectivity index (χ4n) is 2.23. The molecule has 0 unspecified atom stereocenters. The van der Waals surface area contributed by atoms with Crippen molar-refractivity contribution < 1.29 is 22.1 Å². The molecule has 1 heterocycles. The van der Waals surface area contributed by atoms with Crippen molar-refractivity contribution in [3.05, 3.63) is 65.8 Å². The van der Waals surface area contributed by atoms with Gasteiger partial charge in [0.25, 0.3) is 0 Å². The van der Waals surface area contributed by atoms with Crippen molar-refractivity contribution in [2.75, 3.05) is 7.11 Å². The first kappa shape index (κ1) is 18.0. The number of hydrogen-bond donors (Lipinski definition) is 1. The van der Waals surface area contributed by atoms with Crippen molar-refractivity contribution in [2.45, 2.75) is 12.3 Å². The molecule has 0 bridgehead atoms. The third-order valence-electron chi connectivity index (χ3n) is 3.51. The first-order chi connectivity index (χ1) is 12.4. The van der Waals surface area contributed by atoms with Crippen LogP contribution >= 0.6 is 0 Å². The van der Waals surface area contributed by atoms with E-state index in [1.165, 1.54) is 24.3 Å². The Hall–Kier alpha value is -2.78. The van der Waals surface area contributed by atoms with Crippen LogP contribution in [0.2, 0.25) is 0 Å². The minimum atomic E-state index is -3.63. The van der Waals surface area contributed by atoms with Crippen LogP contribution in [0.25, 0.3) is 11.4 Å². The zero-order chi connectivity index (χ0) is 18.6. The van der Waals surface area contributed by atoms with Gasteiger partial charge in [-0.15, -0.1) is 0 Å². The predicted octanol–water partition coefficient (Wildman–Crippen LogP) is 2.50. The number of rotatable bonds is 7. The van der Waals surface area contributed by atoms with E-state index in [9.17, 15) is 12.8 Å². The molecule has 0 radical (unpaired) electrons. The van der Waals surface area contributed by atoms with Crippen LogP contribution in [0.5, 0.6) is 5.75 Å². The van der Waals surface area contributed by atoms with Gasteiger partial charge in [0, 0.05) is 5.56 Å². The van der Waals surface area contributed by atoms with Crippen LogP contribution in [-0.4, -0.2) is 25.7 Å². The maximum atomic E-state index is 12.9. The number of sulfonamides is 1. The molecule has 3 aromatic rings. The second-order valence-corrected chi connectivity index (χ2v) is 7.26. The normalized spacial score (nSPS) is 11.5. The van der Waals surface area contributed by atoms with Gasteiger partial charge < -0.3 is 9.26 Å². The lowest BCUT2D eigenvalue weighted by Gasteiger charge is -2.04. The second-order valence-electron chi connectivity index (χ2n) is 5.45. The molecule has 0 saturated heterocycles. The Morgan fingerprint density at radius 2 is 1.96 bits per heavy atom. The molecule has 3 rings (SSSR count). The first-order valence-electron chi connectivity index (χ1n) is 7.64. The van der Waals surface area contributed by atoms with Crippen molar-refractivity contribution in [3.8, 4) is 17.1 Å². The zero-order valence-corrected chi connectivity index (χ0v) is 14.7.